The maximum absolute atomic E-state index is 13.0. The third-order valence-corrected chi connectivity index (χ3v) is 5.73. The topological polar surface area (TPSA) is 47.0 Å². The summed E-state index contributed by atoms with van der Waals surface area (Å²) in [5.41, 5.74) is 0.814. The van der Waals surface area contributed by atoms with Crippen LogP contribution in [0.1, 0.15) is 51.0 Å². The summed E-state index contributed by atoms with van der Waals surface area (Å²) in [6.07, 6.45) is 7.75. The molecule has 2 heterocycles. The smallest absolute Gasteiger partial charge is 0.262 e. The van der Waals surface area contributed by atoms with Crippen molar-refractivity contribution >= 4 is 23.1 Å². The monoisotopic (exact) mass is 330 g/mol. The van der Waals surface area contributed by atoms with Crippen LogP contribution >= 0.6 is 12.2 Å². The molecule has 2 aromatic rings. The molecule has 1 spiro atoms. The number of para-hydroxylation sites is 1. The number of nitrogens with one attached hydrogen (secondary N) is 1. The maximum atomic E-state index is 13.0. The summed E-state index contributed by atoms with van der Waals surface area (Å²) in [6, 6.07) is 7.74. The Hall–Kier alpha value is -1.46. The van der Waals surface area contributed by atoms with Crippen LogP contribution in [0.25, 0.3) is 10.9 Å². The van der Waals surface area contributed by atoms with Crippen LogP contribution in [0.5, 0.6) is 0 Å². The zero-order valence-electron chi connectivity index (χ0n) is 13.2. The van der Waals surface area contributed by atoms with E-state index in [0.717, 1.165) is 37.8 Å². The van der Waals surface area contributed by atoms with Gasteiger partial charge in [-0.25, -0.2) is 0 Å². The van der Waals surface area contributed by atoms with E-state index in [1.165, 1.54) is 19.3 Å². The van der Waals surface area contributed by atoms with Crippen molar-refractivity contribution in [3.8, 4) is 0 Å². The SMILES string of the molecule is O=c1c2ccccc2[nH]c(=S)n1[C@@H]1CCOC2(CCCCC2)C1. The van der Waals surface area contributed by atoms with E-state index in [2.05, 4.69) is 4.98 Å². The lowest BCUT2D eigenvalue weighted by Gasteiger charge is -2.43. The summed E-state index contributed by atoms with van der Waals surface area (Å²) in [7, 11) is 0. The second kappa shape index (κ2) is 5.87. The van der Waals surface area contributed by atoms with Gasteiger partial charge >= 0.3 is 0 Å². The highest BCUT2D eigenvalue weighted by Gasteiger charge is 2.39. The van der Waals surface area contributed by atoms with Crippen molar-refractivity contribution in [2.24, 2.45) is 0 Å². The van der Waals surface area contributed by atoms with E-state index >= 15 is 0 Å². The minimum Gasteiger partial charge on any atom is -0.375 e. The normalized spacial score (nSPS) is 24.1. The lowest BCUT2D eigenvalue weighted by molar-refractivity contribution is -0.115. The first-order valence-electron chi connectivity index (χ1n) is 8.56. The van der Waals surface area contributed by atoms with Gasteiger partial charge in [0.05, 0.1) is 16.5 Å². The highest BCUT2D eigenvalue weighted by atomic mass is 32.1. The molecule has 0 bridgehead atoms. The van der Waals surface area contributed by atoms with Crippen LogP contribution < -0.4 is 5.56 Å². The number of fused-ring (bicyclic) bond motifs is 1. The Bertz CT molecular complexity index is 827. The predicted octanol–water partition coefficient (Wildman–Crippen LogP) is 4.11. The summed E-state index contributed by atoms with van der Waals surface area (Å²) in [5.74, 6) is 0. The minimum atomic E-state index is -0.0337. The van der Waals surface area contributed by atoms with Gasteiger partial charge < -0.3 is 9.72 Å². The van der Waals surface area contributed by atoms with E-state index in [0.29, 0.717) is 10.2 Å². The number of rotatable bonds is 1. The van der Waals surface area contributed by atoms with Crippen LogP contribution in [0.3, 0.4) is 0 Å². The van der Waals surface area contributed by atoms with Gasteiger partial charge in [-0.05, 0) is 50.0 Å². The van der Waals surface area contributed by atoms with Crippen LogP contribution in [-0.4, -0.2) is 21.8 Å². The molecule has 1 atom stereocenters. The number of ether oxygens (including phenoxy) is 1. The fourth-order valence-electron chi connectivity index (χ4n) is 4.27. The summed E-state index contributed by atoms with van der Waals surface area (Å²) in [4.78, 5) is 16.2. The van der Waals surface area contributed by atoms with Crippen molar-refractivity contribution < 1.29 is 4.74 Å². The van der Waals surface area contributed by atoms with Gasteiger partial charge in [0.2, 0.25) is 0 Å². The van der Waals surface area contributed by atoms with Gasteiger partial charge in [-0.2, -0.15) is 0 Å². The third kappa shape index (κ3) is 2.66. The highest BCUT2D eigenvalue weighted by molar-refractivity contribution is 7.71. The molecule has 4 nitrogen and oxygen atoms in total. The van der Waals surface area contributed by atoms with Gasteiger partial charge in [0, 0.05) is 12.6 Å². The van der Waals surface area contributed by atoms with E-state index in [-0.39, 0.29) is 17.2 Å². The molecule has 1 aliphatic carbocycles. The van der Waals surface area contributed by atoms with Crippen molar-refractivity contribution in [3.63, 3.8) is 0 Å². The maximum Gasteiger partial charge on any atom is 0.262 e. The number of H-pyrrole nitrogens is 1. The fraction of sp³-hybridized carbons (Fsp3) is 0.556. The zero-order valence-corrected chi connectivity index (χ0v) is 14.0. The molecular weight excluding hydrogens is 308 g/mol. The molecule has 2 aliphatic rings. The van der Waals surface area contributed by atoms with Crippen molar-refractivity contribution in [1.29, 1.82) is 0 Å². The van der Waals surface area contributed by atoms with E-state index in [4.69, 9.17) is 17.0 Å². The standard InChI is InChI=1S/C18H22N2O2S/c21-16-14-6-2-3-7-15(14)19-17(23)20(16)13-8-11-22-18(12-13)9-4-1-5-10-18/h2-3,6-7,13H,1,4-5,8-12H2,(H,19,23)/t13-/m1/s1. The molecule has 4 rings (SSSR count). The van der Waals surface area contributed by atoms with Gasteiger partial charge in [-0.15, -0.1) is 0 Å². The lowest BCUT2D eigenvalue weighted by Crippen LogP contribution is -2.44. The Morgan fingerprint density at radius 1 is 1.22 bits per heavy atom. The van der Waals surface area contributed by atoms with Crippen molar-refractivity contribution in [2.75, 3.05) is 6.61 Å². The number of hydrogen-bond acceptors (Lipinski definition) is 3. The molecule has 0 radical (unpaired) electrons. The van der Waals surface area contributed by atoms with E-state index < -0.39 is 0 Å². The first kappa shape index (κ1) is 15.1. The highest BCUT2D eigenvalue weighted by Crippen LogP contribution is 2.42. The molecule has 2 fully saturated rings. The quantitative estimate of drug-likeness (QED) is 0.800. The summed E-state index contributed by atoms with van der Waals surface area (Å²) < 4.78 is 8.50. The average molecular weight is 330 g/mol. The summed E-state index contributed by atoms with van der Waals surface area (Å²) in [5, 5.41) is 0.713. The molecule has 23 heavy (non-hydrogen) atoms. The number of benzene rings is 1. The van der Waals surface area contributed by atoms with Gasteiger partial charge in [0.15, 0.2) is 4.77 Å². The Kier molecular flexibility index (Phi) is 3.85. The van der Waals surface area contributed by atoms with Gasteiger partial charge in [0.25, 0.3) is 5.56 Å². The van der Waals surface area contributed by atoms with E-state index in [1.807, 2.05) is 24.3 Å². The molecule has 1 aromatic heterocycles. The van der Waals surface area contributed by atoms with Crippen LogP contribution in [0.15, 0.2) is 29.1 Å². The predicted molar refractivity (Wildman–Crippen MR) is 93.4 cm³/mol. The van der Waals surface area contributed by atoms with Crippen LogP contribution in [0, 0.1) is 4.77 Å². The molecule has 1 aliphatic heterocycles. The largest absolute Gasteiger partial charge is 0.375 e. The van der Waals surface area contributed by atoms with E-state index in [1.54, 1.807) is 4.57 Å². The number of aromatic amines is 1. The van der Waals surface area contributed by atoms with Gasteiger partial charge in [-0.1, -0.05) is 31.4 Å². The Labute approximate surface area is 140 Å². The lowest BCUT2D eigenvalue weighted by atomic mass is 9.78. The molecule has 1 aromatic carbocycles. The Morgan fingerprint density at radius 2 is 2.00 bits per heavy atom. The zero-order chi connectivity index (χ0) is 15.9. The van der Waals surface area contributed by atoms with Gasteiger partial charge in [-0.3, -0.25) is 9.36 Å². The molecule has 5 heteroatoms. The third-order valence-electron chi connectivity index (χ3n) is 5.43. The molecular formula is C18H22N2O2S. The Morgan fingerprint density at radius 3 is 2.83 bits per heavy atom. The van der Waals surface area contributed by atoms with Crippen LogP contribution in [-0.2, 0) is 4.74 Å². The molecule has 1 saturated carbocycles. The second-order valence-electron chi connectivity index (χ2n) is 6.89. The second-order valence-corrected chi connectivity index (χ2v) is 7.28. The van der Waals surface area contributed by atoms with Crippen LogP contribution in [0.2, 0.25) is 0 Å². The average Bonchev–Trinajstić information content (AvgIpc) is 2.56. The molecule has 122 valence electrons. The van der Waals surface area contributed by atoms with E-state index in [9.17, 15) is 4.79 Å². The Balaban J connectivity index is 1.76. The minimum absolute atomic E-state index is 0.0298. The molecule has 1 saturated heterocycles. The first-order valence-corrected chi connectivity index (χ1v) is 8.97. The molecule has 1 N–H and O–H groups in total. The number of hydrogen-bond donors (Lipinski definition) is 1. The van der Waals surface area contributed by atoms with Gasteiger partial charge in [0.1, 0.15) is 0 Å². The number of aromatic nitrogens is 2. The summed E-state index contributed by atoms with van der Waals surface area (Å²) in [6.45, 7) is 0.721. The summed E-state index contributed by atoms with van der Waals surface area (Å²) >= 11 is 5.50. The fourth-order valence-corrected chi connectivity index (χ4v) is 4.62. The molecule has 0 unspecified atom stereocenters. The van der Waals surface area contributed by atoms with Crippen molar-refractivity contribution in [2.45, 2.75) is 56.6 Å². The first-order chi connectivity index (χ1) is 11.2. The van der Waals surface area contributed by atoms with Crippen molar-refractivity contribution in [3.05, 3.63) is 39.4 Å². The number of nitrogens with zero attached hydrogens (tertiary/aromatic N) is 1. The van der Waals surface area contributed by atoms with Crippen molar-refractivity contribution in [1.82, 2.24) is 9.55 Å². The van der Waals surface area contributed by atoms with Crippen LogP contribution in [0.4, 0.5) is 0 Å². The molecule has 0 amide bonds.